The molecule has 3 aromatic rings. The molecule has 0 amide bonds. The summed E-state index contributed by atoms with van der Waals surface area (Å²) in [7, 11) is 2.89. The van der Waals surface area contributed by atoms with Crippen molar-refractivity contribution in [3.63, 3.8) is 0 Å². The van der Waals surface area contributed by atoms with Crippen LogP contribution in [0.15, 0.2) is 91.0 Å². The molecule has 172 valence electrons. The Morgan fingerprint density at radius 2 is 0.939 bits per heavy atom. The lowest BCUT2D eigenvalue weighted by atomic mass is 10.0. The third-order valence-corrected chi connectivity index (χ3v) is 5.20. The van der Waals surface area contributed by atoms with Crippen molar-refractivity contribution in [1.29, 1.82) is 0 Å². The molecule has 0 aromatic heterocycles. The molecular formula is C27H28O6. The Morgan fingerprint density at radius 1 is 0.576 bits per heavy atom. The van der Waals surface area contributed by atoms with E-state index in [4.69, 9.17) is 18.9 Å². The summed E-state index contributed by atoms with van der Waals surface area (Å²) in [6, 6.07) is 27.3. The van der Waals surface area contributed by atoms with E-state index in [0.29, 0.717) is 16.7 Å². The van der Waals surface area contributed by atoms with Gasteiger partial charge in [0, 0.05) is 14.2 Å². The molecule has 3 aromatic carbocycles. The highest BCUT2D eigenvalue weighted by atomic mass is 16.6. The molecule has 3 rings (SSSR count). The maximum atomic E-state index is 13.0. The summed E-state index contributed by atoms with van der Waals surface area (Å²) in [4.78, 5) is 26.0. The topological polar surface area (TPSA) is 71.1 Å². The lowest BCUT2D eigenvalue weighted by Gasteiger charge is -2.27. The lowest BCUT2D eigenvalue weighted by molar-refractivity contribution is -0.180. The average Bonchev–Trinajstić information content (AvgIpc) is 2.85. The largest absolute Gasteiger partial charge is 0.456 e. The lowest BCUT2D eigenvalue weighted by Crippen LogP contribution is -2.31. The van der Waals surface area contributed by atoms with Gasteiger partial charge in [-0.3, -0.25) is 0 Å². The molecule has 0 spiro atoms. The highest BCUT2D eigenvalue weighted by molar-refractivity contribution is 5.78. The molecule has 0 saturated carbocycles. The second-order valence-electron chi connectivity index (χ2n) is 7.46. The number of ether oxygens (including phenoxy) is 4. The number of carbonyl (C=O) groups is 2. The highest BCUT2D eigenvalue weighted by Gasteiger charge is 2.33. The van der Waals surface area contributed by atoms with E-state index in [1.807, 2.05) is 66.7 Å². The summed E-state index contributed by atoms with van der Waals surface area (Å²) in [6.45, 7) is 1.69. The molecule has 0 aliphatic carbocycles. The van der Waals surface area contributed by atoms with Gasteiger partial charge in [0.25, 0.3) is 0 Å². The van der Waals surface area contributed by atoms with Gasteiger partial charge in [0.2, 0.25) is 0 Å². The summed E-state index contributed by atoms with van der Waals surface area (Å²) in [5.41, 5.74) is 2.04. The van der Waals surface area contributed by atoms with Crippen LogP contribution in [-0.4, -0.2) is 32.3 Å². The molecule has 6 nitrogen and oxygen atoms in total. The van der Waals surface area contributed by atoms with Gasteiger partial charge in [0.1, 0.15) is 6.10 Å². The molecule has 0 unspecified atom stereocenters. The molecule has 4 atom stereocenters. The zero-order chi connectivity index (χ0) is 23.6. The van der Waals surface area contributed by atoms with Crippen LogP contribution in [0, 0.1) is 0 Å². The van der Waals surface area contributed by atoms with Crippen LogP contribution in [0.1, 0.15) is 41.9 Å². The number of hydrogen-bond acceptors (Lipinski definition) is 6. The maximum Gasteiger partial charge on any atom is 0.340 e. The van der Waals surface area contributed by atoms with E-state index in [0.717, 1.165) is 0 Å². The minimum atomic E-state index is -0.906. The van der Waals surface area contributed by atoms with Crippen LogP contribution in [0.3, 0.4) is 0 Å². The van der Waals surface area contributed by atoms with Gasteiger partial charge in [-0.2, -0.15) is 0 Å². The summed E-state index contributed by atoms with van der Waals surface area (Å²) in [5, 5.41) is 0. The third-order valence-electron chi connectivity index (χ3n) is 5.20. The van der Waals surface area contributed by atoms with Gasteiger partial charge in [0.05, 0.1) is 0 Å². The predicted molar refractivity (Wildman–Crippen MR) is 123 cm³/mol. The molecule has 6 heteroatoms. The molecule has 0 aliphatic heterocycles. The van der Waals surface area contributed by atoms with Gasteiger partial charge in [-0.1, -0.05) is 91.0 Å². The summed E-state index contributed by atoms with van der Waals surface area (Å²) in [5.74, 6) is -1.15. The second kappa shape index (κ2) is 11.9. The van der Waals surface area contributed by atoms with Crippen molar-refractivity contribution in [3.05, 3.63) is 108 Å². The molecule has 0 saturated heterocycles. The molecule has 0 aliphatic rings. The van der Waals surface area contributed by atoms with E-state index in [2.05, 4.69) is 0 Å². The van der Waals surface area contributed by atoms with Gasteiger partial charge < -0.3 is 18.9 Å². The average molecular weight is 449 g/mol. The SMILES string of the molecule is CO[C@H](C(=O)O[C@H](c1ccccc1)[C@@H](C)OC(=O)[C@@H](OC)c1ccccc1)c1ccccc1. The van der Waals surface area contributed by atoms with Crippen molar-refractivity contribution in [2.75, 3.05) is 14.2 Å². The molecule has 0 heterocycles. The monoisotopic (exact) mass is 448 g/mol. The first-order valence-electron chi connectivity index (χ1n) is 10.7. The van der Waals surface area contributed by atoms with Crippen molar-refractivity contribution in [2.24, 2.45) is 0 Å². The standard InChI is InChI=1S/C27H28O6/c1-19(32-26(28)24(30-2)21-15-9-5-10-16-21)23(20-13-7-4-8-14-20)33-27(29)25(31-3)22-17-11-6-12-18-22/h4-19,23-25H,1-3H3/t19-,23+,24+,25+/m1/s1. The van der Waals surface area contributed by atoms with Crippen molar-refractivity contribution in [1.82, 2.24) is 0 Å². The van der Waals surface area contributed by atoms with Crippen LogP contribution in [0.5, 0.6) is 0 Å². The van der Waals surface area contributed by atoms with Gasteiger partial charge in [-0.25, -0.2) is 9.59 Å². The Kier molecular flexibility index (Phi) is 8.75. The van der Waals surface area contributed by atoms with E-state index in [1.54, 1.807) is 31.2 Å². The van der Waals surface area contributed by atoms with Gasteiger partial charge in [0.15, 0.2) is 18.3 Å². The van der Waals surface area contributed by atoms with Gasteiger partial charge >= 0.3 is 11.9 Å². The van der Waals surface area contributed by atoms with E-state index >= 15 is 0 Å². The smallest absolute Gasteiger partial charge is 0.340 e. The molecule has 0 N–H and O–H groups in total. The van der Waals surface area contributed by atoms with Crippen LogP contribution in [0.4, 0.5) is 0 Å². The highest BCUT2D eigenvalue weighted by Crippen LogP contribution is 2.29. The summed E-state index contributed by atoms with van der Waals surface area (Å²) >= 11 is 0. The molecular weight excluding hydrogens is 420 g/mol. The van der Waals surface area contributed by atoms with Crippen molar-refractivity contribution >= 4 is 11.9 Å². The summed E-state index contributed by atoms with van der Waals surface area (Å²) < 4.78 is 22.3. The van der Waals surface area contributed by atoms with Crippen molar-refractivity contribution in [2.45, 2.75) is 31.3 Å². The van der Waals surface area contributed by atoms with Crippen LogP contribution in [0.25, 0.3) is 0 Å². The van der Waals surface area contributed by atoms with E-state index in [9.17, 15) is 9.59 Å². The first-order chi connectivity index (χ1) is 16.0. The maximum absolute atomic E-state index is 13.0. The number of rotatable bonds is 10. The normalized spacial score (nSPS) is 14.5. The Hall–Kier alpha value is -3.48. The van der Waals surface area contributed by atoms with Crippen molar-refractivity contribution in [3.8, 4) is 0 Å². The zero-order valence-corrected chi connectivity index (χ0v) is 18.9. The zero-order valence-electron chi connectivity index (χ0n) is 18.9. The fourth-order valence-electron chi connectivity index (χ4n) is 3.56. The Balaban J connectivity index is 1.80. The Morgan fingerprint density at radius 3 is 1.33 bits per heavy atom. The van der Waals surface area contributed by atoms with E-state index < -0.39 is 36.4 Å². The van der Waals surface area contributed by atoms with E-state index in [-0.39, 0.29) is 0 Å². The minimum absolute atomic E-state index is 0.570. The van der Waals surface area contributed by atoms with Gasteiger partial charge in [-0.05, 0) is 23.6 Å². The second-order valence-corrected chi connectivity index (χ2v) is 7.46. The first-order valence-corrected chi connectivity index (χ1v) is 10.7. The number of hydrogen-bond donors (Lipinski definition) is 0. The number of esters is 2. The van der Waals surface area contributed by atoms with E-state index in [1.165, 1.54) is 14.2 Å². The number of methoxy groups -OCH3 is 2. The predicted octanol–water partition coefficient (Wildman–Crippen LogP) is 4.98. The van der Waals surface area contributed by atoms with Crippen LogP contribution >= 0.6 is 0 Å². The molecule has 0 fully saturated rings. The molecule has 0 radical (unpaired) electrons. The molecule has 33 heavy (non-hydrogen) atoms. The minimum Gasteiger partial charge on any atom is -0.456 e. The Labute approximate surface area is 194 Å². The molecule has 0 bridgehead atoms. The van der Waals surface area contributed by atoms with Crippen LogP contribution < -0.4 is 0 Å². The fourth-order valence-corrected chi connectivity index (χ4v) is 3.56. The van der Waals surface area contributed by atoms with Crippen molar-refractivity contribution < 1.29 is 28.5 Å². The number of carbonyl (C=O) groups excluding carboxylic acids is 2. The summed E-state index contributed by atoms with van der Waals surface area (Å²) in [6.07, 6.45) is -3.41. The third kappa shape index (κ3) is 6.28. The fraction of sp³-hybridized carbons (Fsp3) is 0.259. The van der Waals surface area contributed by atoms with Crippen LogP contribution in [0.2, 0.25) is 0 Å². The quantitative estimate of drug-likeness (QED) is 0.408. The first kappa shape index (κ1) is 24.2. The van der Waals surface area contributed by atoms with Gasteiger partial charge in [-0.15, -0.1) is 0 Å². The number of benzene rings is 3. The Bertz CT molecular complexity index is 1010. The van der Waals surface area contributed by atoms with Crippen LogP contribution in [-0.2, 0) is 28.5 Å².